The molecule has 0 aliphatic rings. The maximum atomic E-state index is 11.6. The molecule has 8 nitrogen and oxygen atoms in total. The molecule has 22 heavy (non-hydrogen) atoms. The van der Waals surface area contributed by atoms with Crippen LogP contribution in [0.4, 0.5) is 5.69 Å². The van der Waals surface area contributed by atoms with Gasteiger partial charge in [0.15, 0.2) is 6.10 Å². The summed E-state index contributed by atoms with van der Waals surface area (Å²) in [6.07, 6.45) is -1.35. The molecule has 1 aromatic carbocycles. The van der Waals surface area contributed by atoms with Crippen LogP contribution in [0, 0.1) is 10.1 Å². The summed E-state index contributed by atoms with van der Waals surface area (Å²) in [5.41, 5.74) is -0.610. The maximum absolute atomic E-state index is 11.6. The molecule has 1 aromatic rings. The number of ether oxygens (including phenoxy) is 3. The van der Waals surface area contributed by atoms with Crippen molar-refractivity contribution in [3.8, 4) is 5.75 Å². The topological polar surface area (TPSA) is 105 Å². The Labute approximate surface area is 126 Å². The van der Waals surface area contributed by atoms with E-state index in [2.05, 4.69) is 11.3 Å². The average Bonchev–Trinajstić information content (AvgIpc) is 2.50. The van der Waals surface area contributed by atoms with Crippen molar-refractivity contribution in [1.29, 1.82) is 0 Å². The zero-order valence-electron chi connectivity index (χ0n) is 12.3. The minimum Gasteiger partial charge on any atom is -0.497 e. The lowest BCUT2D eigenvalue weighted by Crippen LogP contribution is -2.18. The number of rotatable bonds is 6. The quantitative estimate of drug-likeness (QED) is 0.342. The smallest absolute Gasteiger partial charge is 0.337 e. The van der Waals surface area contributed by atoms with E-state index in [0.29, 0.717) is 5.75 Å². The lowest BCUT2D eigenvalue weighted by Gasteiger charge is -2.19. The number of carbonyl (C=O) groups is 2. The van der Waals surface area contributed by atoms with Gasteiger partial charge in [0.2, 0.25) is 0 Å². The molecule has 0 radical (unpaired) electrons. The molecule has 0 bridgehead atoms. The van der Waals surface area contributed by atoms with Crippen molar-refractivity contribution in [3.05, 3.63) is 46.0 Å². The first-order valence-electron chi connectivity index (χ1n) is 6.08. The summed E-state index contributed by atoms with van der Waals surface area (Å²) in [7, 11) is 2.50. The minimum absolute atomic E-state index is 0.0325. The van der Waals surface area contributed by atoms with Crippen LogP contribution in [0.5, 0.6) is 5.75 Å². The van der Waals surface area contributed by atoms with Crippen LogP contribution in [0.3, 0.4) is 0 Å². The molecule has 0 heterocycles. The van der Waals surface area contributed by atoms with Crippen LogP contribution < -0.4 is 4.74 Å². The normalized spacial score (nSPS) is 11.2. The van der Waals surface area contributed by atoms with Crippen molar-refractivity contribution in [2.24, 2.45) is 0 Å². The van der Waals surface area contributed by atoms with Gasteiger partial charge in [0.25, 0.3) is 5.69 Å². The van der Waals surface area contributed by atoms with E-state index in [4.69, 9.17) is 9.47 Å². The molecule has 0 saturated heterocycles. The Morgan fingerprint density at radius 1 is 1.32 bits per heavy atom. The Morgan fingerprint density at radius 2 is 1.95 bits per heavy atom. The Bertz CT molecular complexity index is 624. The van der Waals surface area contributed by atoms with E-state index in [0.717, 1.165) is 14.0 Å². The molecule has 0 fully saturated rings. The molecule has 0 saturated carbocycles. The van der Waals surface area contributed by atoms with Gasteiger partial charge in [-0.25, -0.2) is 4.79 Å². The molecule has 0 N–H and O–H groups in total. The van der Waals surface area contributed by atoms with E-state index < -0.39 is 23.0 Å². The zero-order valence-corrected chi connectivity index (χ0v) is 12.3. The highest BCUT2D eigenvalue weighted by atomic mass is 16.6. The van der Waals surface area contributed by atoms with Crippen LogP contribution in [0.1, 0.15) is 18.6 Å². The highest BCUT2D eigenvalue weighted by Gasteiger charge is 2.31. The Kier molecular flexibility index (Phi) is 5.62. The van der Waals surface area contributed by atoms with Crippen LogP contribution in [-0.2, 0) is 19.1 Å². The standard InChI is InChI=1S/C14H15NO7/c1-8(14(17)21-4)13(22-9(2)16)11-7-10(20-3)5-6-12(11)15(18)19/h5-7,13H,1H2,2-4H3. The molecule has 1 rings (SSSR count). The Morgan fingerprint density at radius 3 is 2.41 bits per heavy atom. The van der Waals surface area contributed by atoms with Crippen molar-refractivity contribution < 1.29 is 28.7 Å². The summed E-state index contributed by atoms with van der Waals surface area (Å²) in [6, 6.07) is 3.88. The van der Waals surface area contributed by atoms with Crippen molar-refractivity contribution in [1.82, 2.24) is 0 Å². The zero-order chi connectivity index (χ0) is 16.9. The van der Waals surface area contributed by atoms with Crippen LogP contribution in [-0.4, -0.2) is 31.1 Å². The molecular formula is C14H15NO7. The van der Waals surface area contributed by atoms with Crippen LogP contribution in [0.25, 0.3) is 0 Å². The van der Waals surface area contributed by atoms with Gasteiger partial charge in [0.1, 0.15) is 5.75 Å². The summed E-state index contributed by atoms with van der Waals surface area (Å²) >= 11 is 0. The predicted molar refractivity (Wildman–Crippen MR) is 75.3 cm³/mol. The summed E-state index contributed by atoms with van der Waals surface area (Å²) in [5, 5.41) is 11.2. The van der Waals surface area contributed by atoms with E-state index in [-0.39, 0.29) is 16.8 Å². The minimum atomic E-state index is -1.35. The number of hydrogen-bond acceptors (Lipinski definition) is 7. The summed E-state index contributed by atoms with van der Waals surface area (Å²) in [4.78, 5) is 33.4. The van der Waals surface area contributed by atoms with Crippen molar-refractivity contribution in [3.63, 3.8) is 0 Å². The van der Waals surface area contributed by atoms with E-state index >= 15 is 0 Å². The average molecular weight is 309 g/mol. The number of esters is 2. The van der Waals surface area contributed by atoms with Crippen molar-refractivity contribution in [2.75, 3.05) is 14.2 Å². The van der Waals surface area contributed by atoms with Gasteiger partial charge in [0.05, 0.1) is 30.3 Å². The van der Waals surface area contributed by atoms with Crippen LogP contribution >= 0.6 is 0 Å². The Balaban J connectivity index is 3.45. The summed E-state index contributed by atoms with van der Waals surface area (Å²) in [5.74, 6) is -1.27. The van der Waals surface area contributed by atoms with Gasteiger partial charge in [-0.2, -0.15) is 0 Å². The lowest BCUT2D eigenvalue weighted by molar-refractivity contribution is -0.386. The van der Waals surface area contributed by atoms with E-state index in [9.17, 15) is 19.7 Å². The van der Waals surface area contributed by atoms with Gasteiger partial charge >= 0.3 is 11.9 Å². The monoisotopic (exact) mass is 309 g/mol. The second-order valence-electron chi connectivity index (χ2n) is 4.19. The molecule has 0 amide bonds. The first kappa shape index (κ1) is 17.2. The lowest BCUT2D eigenvalue weighted by atomic mass is 10.0. The first-order valence-corrected chi connectivity index (χ1v) is 6.08. The van der Waals surface area contributed by atoms with Gasteiger partial charge in [-0.3, -0.25) is 14.9 Å². The highest BCUT2D eigenvalue weighted by molar-refractivity contribution is 5.90. The van der Waals surface area contributed by atoms with Crippen molar-refractivity contribution >= 4 is 17.6 Å². The van der Waals surface area contributed by atoms with Crippen LogP contribution in [0.15, 0.2) is 30.4 Å². The van der Waals surface area contributed by atoms with Crippen LogP contribution in [0.2, 0.25) is 0 Å². The molecular weight excluding hydrogens is 294 g/mol. The number of methoxy groups -OCH3 is 2. The number of nitro benzene ring substituents is 1. The highest BCUT2D eigenvalue weighted by Crippen LogP contribution is 2.35. The molecule has 1 atom stereocenters. The molecule has 0 spiro atoms. The first-order chi connectivity index (χ1) is 10.3. The van der Waals surface area contributed by atoms with E-state index in [1.807, 2.05) is 0 Å². The fourth-order valence-electron chi connectivity index (χ4n) is 1.76. The molecule has 0 aliphatic heterocycles. The van der Waals surface area contributed by atoms with Crippen molar-refractivity contribution in [2.45, 2.75) is 13.0 Å². The molecule has 0 aromatic heterocycles. The van der Waals surface area contributed by atoms with Gasteiger partial charge < -0.3 is 14.2 Å². The molecule has 1 unspecified atom stereocenters. The van der Waals surface area contributed by atoms with Gasteiger partial charge in [-0.1, -0.05) is 6.58 Å². The third-order valence-corrected chi connectivity index (χ3v) is 2.76. The van der Waals surface area contributed by atoms with Gasteiger partial charge in [-0.15, -0.1) is 0 Å². The number of nitro groups is 1. The molecule has 118 valence electrons. The van der Waals surface area contributed by atoms with Gasteiger partial charge in [0, 0.05) is 13.0 Å². The Hall–Kier alpha value is -2.90. The van der Waals surface area contributed by atoms with E-state index in [1.165, 1.54) is 25.3 Å². The third kappa shape index (κ3) is 3.81. The van der Waals surface area contributed by atoms with E-state index in [1.54, 1.807) is 0 Å². The fraction of sp³-hybridized carbons (Fsp3) is 0.286. The second kappa shape index (κ2) is 7.21. The summed E-state index contributed by atoms with van der Waals surface area (Å²) in [6.45, 7) is 4.61. The predicted octanol–water partition coefficient (Wildman–Crippen LogP) is 1.94. The summed E-state index contributed by atoms with van der Waals surface area (Å²) < 4.78 is 14.5. The number of hydrogen-bond donors (Lipinski definition) is 0. The maximum Gasteiger partial charge on any atom is 0.337 e. The fourth-order valence-corrected chi connectivity index (χ4v) is 1.76. The van der Waals surface area contributed by atoms with Gasteiger partial charge in [-0.05, 0) is 12.1 Å². The number of benzene rings is 1. The largest absolute Gasteiger partial charge is 0.497 e. The third-order valence-electron chi connectivity index (χ3n) is 2.76. The second-order valence-corrected chi connectivity index (χ2v) is 4.19. The molecule has 8 heteroatoms. The number of nitrogens with zero attached hydrogens (tertiary/aromatic N) is 1. The number of carbonyl (C=O) groups excluding carboxylic acids is 2. The SMILES string of the molecule is C=C(C(=O)OC)C(OC(C)=O)c1cc(OC)ccc1[N+](=O)[O-]. The molecule has 0 aliphatic carbocycles.